The summed E-state index contributed by atoms with van der Waals surface area (Å²) in [5.41, 5.74) is 6.26. The second-order valence-corrected chi connectivity index (χ2v) is 12.2. The van der Waals surface area contributed by atoms with Crippen molar-refractivity contribution in [2.75, 3.05) is 26.3 Å². The van der Waals surface area contributed by atoms with Gasteiger partial charge in [-0.15, -0.1) is 11.3 Å². The first kappa shape index (κ1) is 37.8. The summed E-state index contributed by atoms with van der Waals surface area (Å²) in [6.07, 6.45) is 10.4. The molecule has 248 valence electrons. The van der Waals surface area contributed by atoms with E-state index in [9.17, 15) is 0 Å². The molecule has 0 radical (unpaired) electrons. The molecule has 0 saturated heterocycles. The van der Waals surface area contributed by atoms with Crippen LogP contribution in [-0.4, -0.2) is 53.4 Å². The van der Waals surface area contributed by atoms with Crippen LogP contribution in [0.25, 0.3) is 10.6 Å². The number of carboxylic acid groups (broad SMARTS) is 2. The van der Waals surface area contributed by atoms with E-state index in [4.69, 9.17) is 34.3 Å². The molecule has 45 heavy (non-hydrogen) atoms. The standard InChI is InChI=1S/C34H50N2O2S.C2H2O4/c1-6-13-28-23-29(24-32(26(4)5)33(28)37-8-3)34-36-30(25-39-34)19-22-38-31-17-15-27(16-18-31)14-11-9-10-12-21-35-20-7-2;3-1(4)2(5)6/h15-18,23-26,35H,6-14,19-22H2,1-5H3;(H,3,4)(H,5,6). The van der Waals surface area contributed by atoms with Crippen molar-refractivity contribution in [2.24, 2.45) is 0 Å². The van der Waals surface area contributed by atoms with Crippen molar-refractivity contribution in [1.82, 2.24) is 10.3 Å². The second-order valence-electron chi connectivity index (χ2n) is 11.3. The molecule has 1 heterocycles. The predicted octanol–water partition coefficient (Wildman–Crippen LogP) is 8.16. The molecule has 3 rings (SSSR count). The van der Waals surface area contributed by atoms with Crippen LogP contribution in [0.2, 0.25) is 0 Å². The van der Waals surface area contributed by atoms with Crippen LogP contribution in [-0.2, 0) is 28.9 Å². The maximum atomic E-state index is 9.10. The Morgan fingerprint density at radius 2 is 1.58 bits per heavy atom. The van der Waals surface area contributed by atoms with E-state index in [1.807, 2.05) is 0 Å². The van der Waals surface area contributed by atoms with Gasteiger partial charge in [0.25, 0.3) is 0 Å². The van der Waals surface area contributed by atoms with Gasteiger partial charge in [0, 0.05) is 17.4 Å². The molecule has 8 nitrogen and oxygen atoms in total. The fraction of sp³-hybridized carbons (Fsp3) is 0.528. The molecule has 3 N–H and O–H groups in total. The molecule has 0 amide bonds. The molecular weight excluding hydrogens is 588 g/mol. The lowest BCUT2D eigenvalue weighted by Crippen LogP contribution is -2.15. The summed E-state index contributed by atoms with van der Waals surface area (Å²) in [6.45, 7) is 14.6. The number of rotatable bonds is 19. The maximum absolute atomic E-state index is 9.10. The second kappa shape index (κ2) is 21.3. The zero-order chi connectivity index (χ0) is 33.0. The third kappa shape index (κ3) is 14.0. The highest BCUT2D eigenvalue weighted by atomic mass is 32.1. The molecule has 0 fully saturated rings. The summed E-state index contributed by atoms with van der Waals surface area (Å²) in [4.78, 5) is 23.2. The molecule has 0 spiro atoms. The molecule has 0 bridgehead atoms. The van der Waals surface area contributed by atoms with E-state index < -0.39 is 11.9 Å². The molecule has 0 atom stereocenters. The summed E-state index contributed by atoms with van der Waals surface area (Å²) in [5.74, 6) is -1.23. The normalized spacial score (nSPS) is 10.8. The van der Waals surface area contributed by atoms with Gasteiger partial charge in [0.2, 0.25) is 0 Å². The van der Waals surface area contributed by atoms with Crippen LogP contribution in [0.4, 0.5) is 0 Å². The first-order valence-corrected chi connectivity index (χ1v) is 17.2. The SMILES string of the molecule is CCCNCCCCCCc1ccc(OCCc2csc(-c3cc(CCC)c(OCC)c(C(C)C)c3)n2)cc1.O=C(O)C(=O)O. The number of carboxylic acids is 2. The molecule has 0 aliphatic heterocycles. The van der Waals surface area contributed by atoms with Gasteiger partial charge in [-0.05, 0) is 99.0 Å². The van der Waals surface area contributed by atoms with E-state index in [2.05, 4.69) is 81.7 Å². The lowest BCUT2D eigenvalue weighted by atomic mass is 9.94. The highest BCUT2D eigenvalue weighted by molar-refractivity contribution is 7.13. The van der Waals surface area contributed by atoms with Gasteiger partial charge in [0.05, 0.1) is 18.9 Å². The minimum absolute atomic E-state index is 0.402. The Balaban J connectivity index is 0.00000107. The van der Waals surface area contributed by atoms with Crippen molar-refractivity contribution in [2.45, 2.75) is 98.3 Å². The molecule has 0 saturated carbocycles. The molecule has 3 aromatic rings. The zero-order valence-corrected chi connectivity index (χ0v) is 28.5. The average Bonchev–Trinajstić information content (AvgIpc) is 3.49. The Hall–Kier alpha value is -3.43. The van der Waals surface area contributed by atoms with E-state index in [-0.39, 0.29) is 0 Å². The van der Waals surface area contributed by atoms with Crippen molar-refractivity contribution in [1.29, 1.82) is 0 Å². The lowest BCUT2D eigenvalue weighted by Gasteiger charge is -2.19. The zero-order valence-electron chi connectivity index (χ0n) is 27.7. The predicted molar refractivity (Wildman–Crippen MR) is 183 cm³/mol. The van der Waals surface area contributed by atoms with Crippen molar-refractivity contribution >= 4 is 23.3 Å². The van der Waals surface area contributed by atoms with Crippen LogP contribution >= 0.6 is 11.3 Å². The van der Waals surface area contributed by atoms with Crippen molar-refractivity contribution in [3.63, 3.8) is 0 Å². The molecule has 0 aliphatic carbocycles. The van der Waals surface area contributed by atoms with Crippen molar-refractivity contribution in [3.8, 4) is 22.1 Å². The smallest absolute Gasteiger partial charge is 0.414 e. The fourth-order valence-corrected chi connectivity index (χ4v) is 5.70. The number of nitrogens with zero attached hydrogens (tertiary/aromatic N) is 1. The number of benzene rings is 2. The number of thiazole rings is 1. The third-order valence-corrected chi connectivity index (χ3v) is 8.09. The van der Waals surface area contributed by atoms with Gasteiger partial charge in [0.1, 0.15) is 16.5 Å². The van der Waals surface area contributed by atoms with E-state index >= 15 is 0 Å². The number of aliphatic carboxylic acids is 2. The summed E-state index contributed by atoms with van der Waals surface area (Å²) < 4.78 is 12.1. The lowest BCUT2D eigenvalue weighted by molar-refractivity contribution is -0.159. The van der Waals surface area contributed by atoms with Gasteiger partial charge in [-0.1, -0.05) is 59.1 Å². The van der Waals surface area contributed by atoms with E-state index in [1.165, 1.54) is 54.4 Å². The Labute approximate surface area is 273 Å². The minimum Gasteiger partial charge on any atom is -0.493 e. The first-order chi connectivity index (χ1) is 21.7. The number of aryl methyl sites for hydroxylation is 2. The summed E-state index contributed by atoms with van der Waals surface area (Å²) in [6, 6.07) is 13.2. The largest absolute Gasteiger partial charge is 0.493 e. The number of unbranched alkanes of at least 4 members (excludes halogenated alkanes) is 3. The Kier molecular flexibility index (Phi) is 17.9. The van der Waals surface area contributed by atoms with Crippen molar-refractivity contribution < 1.29 is 29.3 Å². The number of hydrogen-bond acceptors (Lipinski definition) is 7. The Morgan fingerprint density at radius 3 is 2.20 bits per heavy atom. The average molecular weight is 641 g/mol. The van der Waals surface area contributed by atoms with Crippen LogP contribution in [0, 0.1) is 0 Å². The number of carbonyl (C=O) groups is 2. The number of nitrogens with one attached hydrogen (secondary N) is 1. The first-order valence-electron chi connectivity index (χ1n) is 16.3. The number of hydrogen-bond donors (Lipinski definition) is 3. The van der Waals surface area contributed by atoms with Gasteiger partial charge in [-0.3, -0.25) is 0 Å². The highest BCUT2D eigenvalue weighted by Gasteiger charge is 2.17. The van der Waals surface area contributed by atoms with Gasteiger partial charge in [-0.2, -0.15) is 0 Å². The quantitative estimate of drug-likeness (QED) is 0.0887. The fourth-order valence-electron chi connectivity index (χ4n) is 4.86. The van der Waals surface area contributed by atoms with E-state index in [1.54, 1.807) is 11.3 Å². The van der Waals surface area contributed by atoms with Gasteiger partial charge >= 0.3 is 11.9 Å². The van der Waals surface area contributed by atoms with E-state index in [0.717, 1.165) is 61.0 Å². The molecule has 2 aromatic carbocycles. The van der Waals surface area contributed by atoms with Gasteiger partial charge in [-0.25, -0.2) is 14.6 Å². The van der Waals surface area contributed by atoms with Gasteiger partial charge in [0.15, 0.2) is 0 Å². The maximum Gasteiger partial charge on any atom is 0.414 e. The molecule has 0 aliphatic rings. The molecular formula is C36H52N2O6S. The third-order valence-electron chi connectivity index (χ3n) is 7.15. The summed E-state index contributed by atoms with van der Waals surface area (Å²) in [5, 5.41) is 21.5. The van der Waals surface area contributed by atoms with E-state index in [0.29, 0.717) is 19.1 Å². The Morgan fingerprint density at radius 1 is 0.867 bits per heavy atom. The van der Waals surface area contributed by atoms with Crippen LogP contribution in [0.1, 0.15) is 101 Å². The summed E-state index contributed by atoms with van der Waals surface area (Å²) in [7, 11) is 0. The molecule has 0 unspecified atom stereocenters. The van der Waals surface area contributed by atoms with Crippen molar-refractivity contribution in [3.05, 3.63) is 64.2 Å². The number of ether oxygens (including phenoxy) is 2. The van der Waals surface area contributed by atoms with Crippen LogP contribution in [0.3, 0.4) is 0 Å². The van der Waals surface area contributed by atoms with Crippen LogP contribution in [0.15, 0.2) is 41.8 Å². The highest BCUT2D eigenvalue weighted by Crippen LogP contribution is 2.37. The van der Waals surface area contributed by atoms with Gasteiger partial charge < -0.3 is 25.0 Å². The molecule has 9 heteroatoms. The topological polar surface area (TPSA) is 118 Å². The van der Waals surface area contributed by atoms with Crippen LogP contribution < -0.4 is 14.8 Å². The minimum atomic E-state index is -1.82. The summed E-state index contributed by atoms with van der Waals surface area (Å²) >= 11 is 1.72. The van der Waals surface area contributed by atoms with Crippen LogP contribution in [0.5, 0.6) is 11.5 Å². The number of aromatic nitrogens is 1. The Bertz CT molecular complexity index is 1280. The molecule has 1 aromatic heterocycles. The monoisotopic (exact) mass is 640 g/mol.